The molecule has 0 atom stereocenters. The first-order chi connectivity index (χ1) is 10.5. The van der Waals surface area contributed by atoms with E-state index in [1.54, 1.807) is 12.0 Å². The van der Waals surface area contributed by atoms with Crippen molar-refractivity contribution >= 4 is 5.91 Å². The van der Waals surface area contributed by atoms with E-state index in [1.807, 2.05) is 45.2 Å². The molecule has 116 valence electrons. The highest BCUT2D eigenvalue weighted by Gasteiger charge is 2.13. The molecule has 0 saturated carbocycles. The van der Waals surface area contributed by atoms with Gasteiger partial charge in [-0.1, -0.05) is 42.0 Å². The first-order valence-electron chi connectivity index (χ1n) is 7.43. The number of amides is 1. The second kappa shape index (κ2) is 7.12. The number of rotatable bonds is 5. The zero-order valence-corrected chi connectivity index (χ0v) is 13.7. The molecule has 0 fully saturated rings. The summed E-state index contributed by atoms with van der Waals surface area (Å²) in [6.45, 7) is 4.64. The van der Waals surface area contributed by atoms with Crippen molar-refractivity contribution in [2.75, 3.05) is 14.2 Å². The molecule has 2 aromatic carbocycles. The first-order valence-corrected chi connectivity index (χ1v) is 7.43. The van der Waals surface area contributed by atoms with E-state index in [0.717, 1.165) is 22.4 Å². The predicted octanol–water partition coefficient (Wildman–Crippen LogP) is 3.51. The van der Waals surface area contributed by atoms with Crippen LogP contribution in [0.15, 0.2) is 42.5 Å². The molecule has 0 unspecified atom stereocenters. The zero-order valence-electron chi connectivity index (χ0n) is 13.7. The van der Waals surface area contributed by atoms with Crippen LogP contribution in [0.25, 0.3) is 0 Å². The number of benzene rings is 2. The maximum Gasteiger partial charge on any atom is 0.227 e. The number of ether oxygens (including phenoxy) is 1. The summed E-state index contributed by atoms with van der Waals surface area (Å²) in [6, 6.07) is 14.0. The highest BCUT2D eigenvalue weighted by atomic mass is 16.5. The normalized spacial score (nSPS) is 10.4. The minimum atomic E-state index is 0.111. The second-order valence-corrected chi connectivity index (χ2v) is 5.67. The van der Waals surface area contributed by atoms with Gasteiger partial charge in [-0.2, -0.15) is 0 Å². The minimum absolute atomic E-state index is 0.111. The maximum atomic E-state index is 12.5. The van der Waals surface area contributed by atoms with Crippen molar-refractivity contribution in [1.82, 2.24) is 4.90 Å². The maximum absolute atomic E-state index is 12.5. The molecule has 3 nitrogen and oxygen atoms in total. The van der Waals surface area contributed by atoms with E-state index in [2.05, 4.69) is 18.2 Å². The van der Waals surface area contributed by atoms with Crippen molar-refractivity contribution < 1.29 is 9.53 Å². The Kier molecular flexibility index (Phi) is 5.21. The van der Waals surface area contributed by atoms with Crippen LogP contribution in [0.2, 0.25) is 0 Å². The van der Waals surface area contributed by atoms with Gasteiger partial charge in [-0.05, 0) is 31.0 Å². The highest BCUT2D eigenvalue weighted by Crippen LogP contribution is 2.19. The molecule has 0 radical (unpaired) electrons. The van der Waals surface area contributed by atoms with Crippen molar-refractivity contribution in [2.24, 2.45) is 0 Å². The van der Waals surface area contributed by atoms with Gasteiger partial charge in [-0.25, -0.2) is 0 Å². The van der Waals surface area contributed by atoms with Gasteiger partial charge in [0.1, 0.15) is 5.75 Å². The predicted molar refractivity (Wildman–Crippen MR) is 89.1 cm³/mol. The summed E-state index contributed by atoms with van der Waals surface area (Å²) in [5.41, 5.74) is 4.45. The Morgan fingerprint density at radius 3 is 2.55 bits per heavy atom. The molecule has 0 aromatic heterocycles. The molecule has 0 aliphatic rings. The minimum Gasteiger partial charge on any atom is -0.496 e. The smallest absolute Gasteiger partial charge is 0.227 e. The number of carbonyl (C=O) groups excluding carboxylic acids is 1. The van der Waals surface area contributed by atoms with Gasteiger partial charge in [0.2, 0.25) is 5.91 Å². The van der Waals surface area contributed by atoms with Crippen molar-refractivity contribution in [3.05, 3.63) is 64.7 Å². The Morgan fingerprint density at radius 2 is 1.82 bits per heavy atom. The average molecular weight is 297 g/mol. The number of likely N-dealkylation sites (N-methyl/N-ethyl adjacent to an activating group) is 1. The molecule has 3 heteroatoms. The molecule has 0 heterocycles. The molecule has 0 aliphatic carbocycles. The lowest BCUT2D eigenvalue weighted by atomic mass is 10.0. The molecular weight excluding hydrogens is 274 g/mol. The summed E-state index contributed by atoms with van der Waals surface area (Å²) in [5, 5.41) is 0. The fourth-order valence-electron chi connectivity index (χ4n) is 2.47. The topological polar surface area (TPSA) is 29.5 Å². The van der Waals surface area contributed by atoms with Crippen LogP contribution in [0.3, 0.4) is 0 Å². The first kappa shape index (κ1) is 16.1. The molecule has 0 bridgehead atoms. The van der Waals surface area contributed by atoms with E-state index in [-0.39, 0.29) is 5.91 Å². The van der Waals surface area contributed by atoms with Crippen molar-refractivity contribution in [2.45, 2.75) is 26.8 Å². The van der Waals surface area contributed by atoms with Gasteiger partial charge in [-0.3, -0.25) is 4.79 Å². The Labute approximate surface area is 132 Å². The van der Waals surface area contributed by atoms with Crippen LogP contribution in [0.5, 0.6) is 5.75 Å². The third kappa shape index (κ3) is 3.88. The Morgan fingerprint density at radius 1 is 1.09 bits per heavy atom. The molecule has 2 rings (SSSR count). The van der Waals surface area contributed by atoms with Crippen LogP contribution >= 0.6 is 0 Å². The number of nitrogens with zero attached hydrogens (tertiary/aromatic N) is 1. The Balaban J connectivity index is 2.07. The second-order valence-electron chi connectivity index (χ2n) is 5.67. The lowest BCUT2D eigenvalue weighted by Crippen LogP contribution is -2.28. The number of aryl methyl sites for hydroxylation is 2. The van der Waals surface area contributed by atoms with Crippen molar-refractivity contribution in [1.29, 1.82) is 0 Å². The molecule has 1 amide bonds. The summed E-state index contributed by atoms with van der Waals surface area (Å²) in [4.78, 5) is 14.2. The molecule has 0 spiro atoms. The quantitative estimate of drug-likeness (QED) is 0.845. The monoisotopic (exact) mass is 297 g/mol. The fourth-order valence-corrected chi connectivity index (χ4v) is 2.47. The number of methoxy groups -OCH3 is 1. The van der Waals surface area contributed by atoms with Gasteiger partial charge < -0.3 is 9.64 Å². The average Bonchev–Trinajstić information content (AvgIpc) is 2.51. The molecule has 22 heavy (non-hydrogen) atoms. The van der Waals surface area contributed by atoms with E-state index in [0.29, 0.717) is 13.0 Å². The highest BCUT2D eigenvalue weighted by molar-refractivity contribution is 5.79. The molecular formula is C19H23NO2. The largest absolute Gasteiger partial charge is 0.496 e. The van der Waals surface area contributed by atoms with E-state index in [9.17, 15) is 4.79 Å². The summed E-state index contributed by atoms with van der Waals surface area (Å²) in [7, 11) is 3.48. The van der Waals surface area contributed by atoms with E-state index >= 15 is 0 Å². The van der Waals surface area contributed by atoms with Crippen molar-refractivity contribution in [3.63, 3.8) is 0 Å². The Hall–Kier alpha value is -2.29. The van der Waals surface area contributed by atoms with Crippen LogP contribution in [-0.2, 0) is 17.8 Å². The lowest BCUT2D eigenvalue weighted by Gasteiger charge is -2.19. The van der Waals surface area contributed by atoms with Gasteiger partial charge in [0.25, 0.3) is 0 Å². The van der Waals surface area contributed by atoms with Gasteiger partial charge in [-0.15, -0.1) is 0 Å². The molecule has 0 N–H and O–H groups in total. The van der Waals surface area contributed by atoms with Crippen LogP contribution in [0.1, 0.15) is 22.3 Å². The SMILES string of the molecule is COc1ccccc1CN(C)C(=O)Cc1cc(C)ccc1C. The summed E-state index contributed by atoms with van der Waals surface area (Å²) in [6.07, 6.45) is 0.430. The van der Waals surface area contributed by atoms with Gasteiger partial charge >= 0.3 is 0 Å². The van der Waals surface area contributed by atoms with E-state index in [1.165, 1.54) is 5.56 Å². The van der Waals surface area contributed by atoms with Gasteiger partial charge in [0.05, 0.1) is 13.5 Å². The number of hydrogen-bond acceptors (Lipinski definition) is 2. The van der Waals surface area contributed by atoms with Crippen molar-refractivity contribution in [3.8, 4) is 5.75 Å². The zero-order chi connectivity index (χ0) is 16.1. The van der Waals surface area contributed by atoms with Crippen LogP contribution < -0.4 is 4.74 Å². The summed E-state index contributed by atoms with van der Waals surface area (Å²) >= 11 is 0. The van der Waals surface area contributed by atoms with E-state index < -0.39 is 0 Å². The fraction of sp³-hybridized carbons (Fsp3) is 0.316. The van der Waals surface area contributed by atoms with Crippen LogP contribution in [0, 0.1) is 13.8 Å². The summed E-state index contributed by atoms with van der Waals surface area (Å²) in [5.74, 6) is 0.925. The van der Waals surface area contributed by atoms with Crippen LogP contribution in [0.4, 0.5) is 0 Å². The number of carbonyl (C=O) groups is 1. The van der Waals surface area contributed by atoms with Gasteiger partial charge in [0, 0.05) is 19.2 Å². The molecule has 0 aliphatic heterocycles. The van der Waals surface area contributed by atoms with Gasteiger partial charge in [0.15, 0.2) is 0 Å². The third-order valence-corrected chi connectivity index (χ3v) is 3.87. The molecule has 2 aromatic rings. The third-order valence-electron chi connectivity index (χ3n) is 3.87. The summed E-state index contributed by atoms with van der Waals surface area (Å²) < 4.78 is 5.34. The van der Waals surface area contributed by atoms with Crippen LogP contribution in [-0.4, -0.2) is 25.0 Å². The standard InChI is InChI=1S/C19H23NO2/c1-14-9-10-15(2)17(11-14)12-19(21)20(3)13-16-7-5-6-8-18(16)22-4/h5-11H,12-13H2,1-4H3. The number of para-hydroxylation sites is 1. The van der Waals surface area contributed by atoms with E-state index in [4.69, 9.17) is 4.74 Å². The molecule has 0 saturated heterocycles. The number of hydrogen-bond donors (Lipinski definition) is 0. The lowest BCUT2D eigenvalue weighted by molar-refractivity contribution is -0.129. The Bertz CT molecular complexity index is 664.